The van der Waals surface area contributed by atoms with Crippen molar-refractivity contribution in [2.45, 2.75) is 64.4 Å². The average Bonchev–Trinajstić information content (AvgIpc) is 3.49. The van der Waals surface area contributed by atoms with Crippen LogP contribution in [-0.4, -0.2) is 16.0 Å². The molecule has 10 radical (unpaired) electrons. The number of hydrogen-bond acceptors (Lipinski definition) is 0. The van der Waals surface area contributed by atoms with Crippen LogP contribution < -0.4 is 10.6 Å². The SMILES string of the molecule is C[C@@H]([C]1[CH][CH][C](P(c2ccccc2)c2ccccc2)[CH]1)P(C(C)(C)C)C(C)(C)C.[CH]1[CH][CH][CH][CH]1.[Fe+2]. The molecule has 2 saturated carbocycles. The van der Waals surface area contributed by atoms with E-state index < -0.39 is 7.92 Å². The third-order valence-electron chi connectivity index (χ3n) is 5.92. The molecule has 0 saturated heterocycles. The summed E-state index contributed by atoms with van der Waals surface area (Å²) in [5.41, 5.74) is 2.05. The van der Waals surface area contributed by atoms with Gasteiger partial charge in [0.15, 0.2) is 0 Å². The van der Waals surface area contributed by atoms with Gasteiger partial charge in [-0.25, -0.2) is 0 Å². The van der Waals surface area contributed by atoms with Gasteiger partial charge in [0.1, 0.15) is 0 Å². The van der Waals surface area contributed by atoms with Gasteiger partial charge in [0.25, 0.3) is 0 Å². The molecule has 2 aromatic rings. The second-order valence-corrected chi connectivity index (χ2v) is 17.2. The maximum atomic E-state index is 2.50. The molecule has 0 heterocycles. The standard InChI is InChI=1S/C27H35P2.C5H5.Fe/c1-21(29(26(2,3)4)27(5,6)7)22-18-19-25(20-22)28(23-14-10-8-11-15-23)24-16-12-9-13-17-24;1-2-4-5-3-1;/h8-21H,1-7H3;1-5H;/q;;+2/t21-;;/m0../s1. The van der Waals surface area contributed by atoms with Gasteiger partial charge in [0.05, 0.1) is 0 Å². The molecule has 2 aliphatic carbocycles. The van der Waals surface area contributed by atoms with E-state index in [1.165, 1.54) is 22.2 Å². The van der Waals surface area contributed by atoms with E-state index in [4.69, 9.17) is 0 Å². The van der Waals surface area contributed by atoms with E-state index in [1.54, 1.807) is 0 Å². The zero-order valence-electron chi connectivity index (χ0n) is 22.2. The number of benzene rings is 2. The van der Waals surface area contributed by atoms with Crippen LogP contribution in [-0.2, 0) is 17.1 Å². The molecule has 3 heteroatoms. The number of hydrogen-bond donors (Lipinski definition) is 0. The van der Waals surface area contributed by atoms with E-state index in [2.05, 4.69) is 128 Å². The van der Waals surface area contributed by atoms with Crippen molar-refractivity contribution in [1.29, 1.82) is 0 Å². The molecular formula is C32H40FeP2+2. The normalized spacial score (nSPS) is 18.3. The average molecular weight is 542 g/mol. The maximum absolute atomic E-state index is 2.50. The molecule has 0 nitrogen and oxygen atoms in total. The van der Waals surface area contributed by atoms with Gasteiger partial charge >= 0.3 is 17.1 Å². The summed E-state index contributed by atoms with van der Waals surface area (Å²) in [4.78, 5) is 0. The minimum atomic E-state index is -0.518. The predicted molar refractivity (Wildman–Crippen MR) is 156 cm³/mol. The first-order valence-electron chi connectivity index (χ1n) is 12.2. The second-order valence-electron chi connectivity index (χ2n) is 10.8. The fourth-order valence-corrected chi connectivity index (χ4v) is 12.2. The Kier molecular flexibility index (Phi) is 12.5. The Hall–Kier alpha value is -0.181. The van der Waals surface area contributed by atoms with Crippen molar-refractivity contribution in [3.63, 3.8) is 0 Å². The third-order valence-corrected chi connectivity index (χ3v) is 12.3. The molecule has 2 aliphatic rings. The first-order chi connectivity index (χ1) is 16.1. The summed E-state index contributed by atoms with van der Waals surface area (Å²) in [5, 5.41) is 3.50. The molecule has 35 heavy (non-hydrogen) atoms. The van der Waals surface area contributed by atoms with Gasteiger partial charge in [-0.3, -0.25) is 0 Å². The molecule has 184 valence electrons. The van der Waals surface area contributed by atoms with Crippen molar-refractivity contribution in [3.8, 4) is 0 Å². The fraction of sp³-hybridized carbons (Fsp3) is 0.312. The van der Waals surface area contributed by atoms with Crippen LogP contribution in [0.1, 0.15) is 48.5 Å². The summed E-state index contributed by atoms with van der Waals surface area (Å²) in [6, 6.07) is 22.0. The first-order valence-corrected chi connectivity index (χ1v) is 15.0. The summed E-state index contributed by atoms with van der Waals surface area (Å²) >= 11 is 0. The van der Waals surface area contributed by atoms with Gasteiger partial charge in [0, 0.05) is 5.66 Å². The Morgan fingerprint density at radius 3 is 1.37 bits per heavy atom. The molecule has 2 aromatic carbocycles. The van der Waals surface area contributed by atoms with Crippen molar-refractivity contribution in [3.05, 3.63) is 124 Å². The molecule has 0 aliphatic heterocycles. The van der Waals surface area contributed by atoms with Crippen LogP contribution >= 0.6 is 15.8 Å². The zero-order chi connectivity index (χ0) is 24.8. The molecule has 0 amide bonds. The zero-order valence-corrected chi connectivity index (χ0v) is 25.1. The predicted octanol–water partition coefficient (Wildman–Crippen LogP) is 8.34. The largest absolute Gasteiger partial charge is 2.00 e. The van der Waals surface area contributed by atoms with Crippen LogP contribution in [0.25, 0.3) is 0 Å². The number of rotatable bonds is 5. The molecule has 4 rings (SSSR count). The summed E-state index contributed by atoms with van der Waals surface area (Å²) in [7, 11) is -0.706. The maximum Gasteiger partial charge on any atom is 2.00 e. The van der Waals surface area contributed by atoms with Gasteiger partial charge in [-0.15, -0.1) is 0 Å². The Morgan fingerprint density at radius 2 is 1.00 bits per heavy atom. The minimum absolute atomic E-state index is 0. The van der Waals surface area contributed by atoms with E-state index in [-0.39, 0.29) is 25.0 Å². The van der Waals surface area contributed by atoms with Gasteiger partial charge in [-0.05, 0) is 91.8 Å². The Balaban J connectivity index is 0.000000640. The quantitative estimate of drug-likeness (QED) is 0.263. The first kappa shape index (κ1) is 31.0. The van der Waals surface area contributed by atoms with Gasteiger partial charge < -0.3 is 0 Å². The van der Waals surface area contributed by atoms with E-state index in [0.29, 0.717) is 16.0 Å². The topological polar surface area (TPSA) is 0 Å². The third kappa shape index (κ3) is 8.96. The Bertz CT molecular complexity index is 772. The van der Waals surface area contributed by atoms with Crippen molar-refractivity contribution < 1.29 is 17.1 Å². The van der Waals surface area contributed by atoms with E-state index in [0.717, 1.165) is 0 Å². The molecule has 0 bridgehead atoms. The van der Waals surface area contributed by atoms with Crippen LogP contribution in [0.4, 0.5) is 0 Å². The van der Waals surface area contributed by atoms with Crippen LogP contribution in [0.3, 0.4) is 0 Å². The van der Waals surface area contributed by atoms with Gasteiger partial charge in [-0.1, -0.05) is 117 Å². The molecular weight excluding hydrogens is 502 g/mol. The summed E-state index contributed by atoms with van der Waals surface area (Å²) in [6.45, 7) is 17.0. The second kappa shape index (κ2) is 14.1. The summed E-state index contributed by atoms with van der Waals surface area (Å²) in [5.74, 6) is 1.51. The molecule has 0 unspecified atom stereocenters. The van der Waals surface area contributed by atoms with Crippen molar-refractivity contribution in [2.24, 2.45) is 0 Å². The van der Waals surface area contributed by atoms with E-state index >= 15 is 0 Å². The molecule has 0 N–H and O–H groups in total. The minimum Gasteiger partial charge on any atom is -0.0921 e. The van der Waals surface area contributed by atoms with Gasteiger partial charge in [0.2, 0.25) is 0 Å². The van der Waals surface area contributed by atoms with Gasteiger partial charge in [-0.2, -0.15) is 0 Å². The molecule has 2 fully saturated rings. The monoisotopic (exact) mass is 542 g/mol. The smallest absolute Gasteiger partial charge is 0.0921 e. The van der Waals surface area contributed by atoms with E-state index in [9.17, 15) is 0 Å². The van der Waals surface area contributed by atoms with Crippen LogP contribution in [0.15, 0.2) is 60.7 Å². The van der Waals surface area contributed by atoms with Crippen molar-refractivity contribution >= 4 is 26.5 Å². The summed E-state index contributed by atoms with van der Waals surface area (Å²) < 4.78 is 0. The molecule has 0 spiro atoms. The van der Waals surface area contributed by atoms with Crippen molar-refractivity contribution in [1.82, 2.24) is 0 Å². The Labute approximate surface area is 230 Å². The van der Waals surface area contributed by atoms with E-state index in [1.807, 2.05) is 32.1 Å². The summed E-state index contributed by atoms with van der Waals surface area (Å²) in [6.07, 6.45) is 17.3. The Morgan fingerprint density at radius 1 is 0.600 bits per heavy atom. The fourth-order valence-electron chi connectivity index (χ4n) is 5.09. The van der Waals surface area contributed by atoms with Crippen LogP contribution in [0, 0.1) is 62.9 Å². The van der Waals surface area contributed by atoms with Crippen LogP contribution in [0.2, 0.25) is 0 Å². The molecule has 1 atom stereocenters. The van der Waals surface area contributed by atoms with Crippen molar-refractivity contribution in [2.75, 3.05) is 0 Å². The van der Waals surface area contributed by atoms with Crippen LogP contribution in [0.5, 0.6) is 0 Å². The molecule has 0 aromatic heterocycles.